The van der Waals surface area contributed by atoms with Crippen LogP contribution in [0.5, 0.6) is 0 Å². The number of aromatic nitrogens is 2. The van der Waals surface area contributed by atoms with Crippen LogP contribution in [0.3, 0.4) is 0 Å². The highest BCUT2D eigenvalue weighted by Gasteiger charge is 2.35. The highest BCUT2D eigenvalue weighted by Crippen LogP contribution is 2.36. The van der Waals surface area contributed by atoms with Crippen LogP contribution in [-0.4, -0.2) is 15.9 Å². The zero-order chi connectivity index (χ0) is 19.8. The molecule has 0 fully saturated rings. The number of alkyl halides is 3. The number of anilines is 1. The second kappa shape index (κ2) is 7.41. The molecule has 0 aliphatic carbocycles. The van der Waals surface area contributed by atoms with E-state index in [1.165, 1.54) is 23.7 Å². The van der Waals surface area contributed by atoms with Gasteiger partial charge in [0.05, 0.1) is 21.8 Å². The van der Waals surface area contributed by atoms with Gasteiger partial charge in [-0.2, -0.15) is 13.2 Å². The van der Waals surface area contributed by atoms with Crippen LogP contribution in [-0.2, 0) is 6.18 Å². The lowest BCUT2D eigenvalue weighted by molar-refractivity contribution is -0.139. The predicted octanol–water partition coefficient (Wildman–Crippen LogP) is 5.92. The van der Waals surface area contributed by atoms with Crippen LogP contribution in [0.25, 0.3) is 11.3 Å². The van der Waals surface area contributed by atoms with Crippen molar-refractivity contribution in [3.8, 4) is 11.3 Å². The van der Waals surface area contributed by atoms with E-state index in [1.54, 1.807) is 0 Å². The lowest BCUT2D eigenvalue weighted by atomic mass is 10.1. The molecule has 0 aliphatic rings. The molecule has 3 rings (SSSR count). The van der Waals surface area contributed by atoms with E-state index in [2.05, 4.69) is 15.3 Å². The van der Waals surface area contributed by atoms with Gasteiger partial charge < -0.3 is 0 Å². The van der Waals surface area contributed by atoms with Crippen LogP contribution in [0, 0.1) is 5.82 Å². The Bertz CT molecular complexity index is 1020. The van der Waals surface area contributed by atoms with Gasteiger partial charge in [0.25, 0.3) is 5.91 Å². The first-order valence-corrected chi connectivity index (χ1v) is 8.74. The number of pyridine rings is 1. The molecule has 4 nitrogen and oxygen atoms in total. The largest absolute Gasteiger partial charge is 0.419 e. The molecule has 3 aromatic rings. The summed E-state index contributed by atoms with van der Waals surface area (Å²) >= 11 is 12.4. The van der Waals surface area contributed by atoms with Crippen molar-refractivity contribution in [3.63, 3.8) is 0 Å². The summed E-state index contributed by atoms with van der Waals surface area (Å²) in [6.45, 7) is 0. The van der Waals surface area contributed by atoms with E-state index in [1.807, 2.05) is 0 Å². The first kappa shape index (κ1) is 19.5. The number of rotatable bonds is 3. The molecule has 0 aliphatic heterocycles. The summed E-state index contributed by atoms with van der Waals surface area (Å²) in [5, 5.41) is 3.95. The topological polar surface area (TPSA) is 54.9 Å². The Morgan fingerprint density at radius 2 is 1.96 bits per heavy atom. The molecule has 1 aromatic carbocycles. The molecule has 1 amide bonds. The van der Waals surface area contributed by atoms with Gasteiger partial charge in [0.15, 0.2) is 5.13 Å². The number of halogens is 6. The summed E-state index contributed by atoms with van der Waals surface area (Å²) in [7, 11) is 0. The molecule has 0 saturated heterocycles. The van der Waals surface area contributed by atoms with Gasteiger partial charge in [-0.25, -0.2) is 14.4 Å². The number of thiazole rings is 1. The minimum Gasteiger partial charge on any atom is -0.298 e. The van der Waals surface area contributed by atoms with Crippen molar-refractivity contribution >= 4 is 45.6 Å². The maximum Gasteiger partial charge on any atom is 0.419 e. The van der Waals surface area contributed by atoms with Crippen molar-refractivity contribution in [2.24, 2.45) is 0 Å². The van der Waals surface area contributed by atoms with Crippen LogP contribution < -0.4 is 5.32 Å². The lowest BCUT2D eigenvalue weighted by Gasteiger charge is -2.09. The predicted molar refractivity (Wildman–Crippen MR) is 94.7 cm³/mol. The number of nitrogens with one attached hydrogen (secondary N) is 1. The minimum absolute atomic E-state index is 0.0322. The Labute approximate surface area is 163 Å². The fraction of sp³-hybridized carbons (Fsp3) is 0.0625. The van der Waals surface area contributed by atoms with Crippen molar-refractivity contribution in [2.75, 3.05) is 5.32 Å². The zero-order valence-corrected chi connectivity index (χ0v) is 15.3. The van der Waals surface area contributed by atoms with Crippen molar-refractivity contribution < 1.29 is 22.4 Å². The number of hydrogen-bond acceptors (Lipinski definition) is 4. The molecule has 27 heavy (non-hydrogen) atoms. The first-order valence-electron chi connectivity index (χ1n) is 7.11. The quantitative estimate of drug-likeness (QED) is 0.410. The van der Waals surface area contributed by atoms with Crippen LogP contribution in [0.2, 0.25) is 10.2 Å². The van der Waals surface area contributed by atoms with E-state index in [9.17, 15) is 22.4 Å². The van der Waals surface area contributed by atoms with Crippen LogP contribution in [0.15, 0.2) is 35.8 Å². The average molecular weight is 436 g/mol. The van der Waals surface area contributed by atoms with E-state index in [-0.39, 0.29) is 32.1 Å². The molecule has 140 valence electrons. The van der Waals surface area contributed by atoms with Gasteiger partial charge in [0.1, 0.15) is 11.0 Å². The van der Waals surface area contributed by atoms with E-state index in [0.717, 1.165) is 17.4 Å². The van der Waals surface area contributed by atoms with Gasteiger partial charge in [-0.3, -0.25) is 10.1 Å². The number of amides is 1. The summed E-state index contributed by atoms with van der Waals surface area (Å²) in [6.07, 6.45) is -3.63. The van der Waals surface area contributed by atoms with Gasteiger partial charge in [0.2, 0.25) is 0 Å². The Balaban J connectivity index is 1.85. The second-order valence-corrected chi connectivity index (χ2v) is 6.78. The molecular weight excluding hydrogens is 429 g/mol. The number of carbonyl (C=O) groups is 1. The van der Waals surface area contributed by atoms with Crippen LogP contribution in [0.4, 0.5) is 22.7 Å². The number of nitrogens with zero attached hydrogens (tertiary/aromatic N) is 2. The van der Waals surface area contributed by atoms with Gasteiger partial charge >= 0.3 is 6.18 Å². The fourth-order valence-electron chi connectivity index (χ4n) is 2.12. The summed E-state index contributed by atoms with van der Waals surface area (Å²) in [5.74, 6) is -2.03. The number of carbonyl (C=O) groups excluding carboxylic acids is 1. The van der Waals surface area contributed by atoms with Crippen molar-refractivity contribution in [2.45, 2.75) is 6.18 Å². The Hall–Kier alpha value is -2.23. The molecule has 0 spiro atoms. The number of benzene rings is 1. The minimum atomic E-state index is -4.83. The normalized spacial score (nSPS) is 11.5. The fourth-order valence-corrected chi connectivity index (χ4v) is 3.09. The molecule has 0 saturated carbocycles. The van der Waals surface area contributed by atoms with Crippen molar-refractivity contribution in [3.05, 3.63) is 63.0 Å². The van der Waals surface area contributed by atoms with Gasteiger partial charge in [-0.15, -0.1) is 11.3 Å². The summed E-state index contributed by atoms with van der Waals surface area (Å²) in [4.78, 5) is 19.9. The van der Waals surface area contributed by atoms with Crippen molar-refractivity contribution in [1.82, 2.24) is 9.97 Å². The van der Waals surface area contributed by atoms with Crippen LogP contribution >= 0.6 is 34.5 Å². The molecule has 0 bridgehead atoms. The standard InChI is InChI=1S/C16H7Cl2F4N3OS/c17-10-4-7(5-23-13(10)18)14(26)25-15-24-11(6-27-15)8-2-1-3-9(12(8)19)16(20,21)22/h1-6H,(H,24,25,26). The third kappa shape index (κ3) is 4.20. The monoisotopic (exact) mass is 435 g/mol. The lowest BCUT2D eigenvalue weighted by Crippen LogP contribution is -2.12. The molecule has 0 radical (unpaired) electrons. The van der Waals surface area contributed by atoms with E-state index < -0.39 is 23.5 Å². The summed E-state index contributed by atoms with van der Waals surface area (Å²) in [6, 6.07) is 4.20. The smallest absolute Gasteiger partial charge is 0.298 e. The molecular formula is C16H7Cl2F4N3OS. The maximum atomic E-state index is 14.2. The third-order valence-electron chi connectivity index (χ3n) is 3.36. The SMILES string of the molecule is O=C(Nc1nc(-c2cccc(C(F)(F)F)c2F)cs1)c1cnc(Cl)c(Cl)c1. The van der Waals surface area contributed by atoms with E-state index in [0.29, 0.717) is 6.07 Å². The van der Waals surface area contributed by atoms with E-state index >= 15 is 0 Å². The average Bonchev–Trinajstić information content (AvgIpc) is 3.04. The molecule has 0 unspecified atom stereocenters. The molecule has 0 atom stereocenters. The highest BCUT2D eigenvalue weighted by atomic mass is 35.5. The highest BCUT2D eigenvalue weighted by molar-refractivity contribution is 7.14. The Morgan fingerprint density at radius 1 is 1.22 bits per heavy atom. The summed E-state index contributed by atoms with van der Waals surface area (Å²) < 4.78 is 52.7. The first-order chi connectivity index (χ1) is 12.7. The molecule has 11 heteroatoms. The van der Waals surface area contributed by atoms with E-state index in [4.69, 9.17) is 23.2 Å². The zero-order valence-electron chi connectivity index (χ0n) is 12.9. The molecule has 1 N–H and O–H groups in total. The van der Waals surface area contributed by atoms with Gasteiger partial charge in [-0.1, -0.05) is 29.3 Å². The molecule has 2 heterocycles. The second-order valence-electron chi connectivity index (χ2n) is 5.15. The van der Waals surface area contributed by atoms with Crippen molar-refractivity contribution in [1.29, 1.82) is 0 Å². The number of hydrogen-bond donors (Lipinski definition) is 1. The van der Waals surface area contributed by atoms with Crippen LogP contribution in [0.1, 0.15) is 15.9 Å². The third-order valence-corrected chi connectivity index (χ3v) is 4.81. The molecule has 2 aromatic heterocycles. The van der Waals surface area contributed by atoms with Gasteiger partial charge in [-0.05, 0) is 18.2 Å². The van der Waals surface area contributed by atoms with Gasteiger partial charge in [0, 0.05) is 17.1 Å². The summed E-state index contributed by atoms with van der Waals surface area (Å²) in [5.41, 5.74) is -1.64. The Morgan fingerprint density at radius 3 is 2.63 bits per heavy atom. The maximum absolute atomic E-state index is 14.2. The Kier molecular flexibility index (Phi) is 5.36.